The number of hydrogen-bond acceptors (Lipinski definition) is 1. The van der Waals surface area contributed by atoms with Crippen molar-refractivity contribution in [2.45, 2.75) is 105 Å². The third kappa shape index (κ3) is 27.2. The summed E-state index contributed by atoms with van der Waals surface area (Å²) in [7, 11) is 0. The van der Waals surface area contributed by atoms with Crippen LogP contribution in [0.15, 0.2) is 0 Å². The lowest BCUT2D eigenvalue weighted by Crippen LogP contribution is -2.16. The van der Waals surface area contributed by atoms with Gasteiger partial charge in [0.05, 0.1) is 0 Å². The van der Waals surface area contributed by atoms with E-state index in [1.54, 1.807) is 0 Å². The van der Waals surface area contributed by atoms with Gasteiger partial charge in [0, 0.05) is 0 Å². The van der Waals surface area contributed by atoms with Gasteiger partial charge in [-0.3, -0.25) is 0 Å². The molecule has 0 aliphatic rings. The van der Waals surface area contributed by atoms with Crippen LogP contribution in [0.3, 0.4) is 0 Å². The lowest BCUT2D eigenvalue weighted by molar-refractivity contribution is 0.552. The summed E-state index contributed by atoms with van der Waals surface area (Å²) in [5, 5.41) is 3.54. The third-order valence-corrected chi connectivity index (χ3v) is 3.41. The molecule has 1 N–H and O–H groups in total. The Balaban J connectivity index is 0. The Morgan fingerprint density at radius 1 is 0.421 bits per heavy atom. The number of nitrogens with one attached hydrogen (secondary N) is 1. The normalized spacial score (nSPS) is 10.1. The van der Waals surface area contributed by atoms with Crippen LogP contribution in [0.4, 0.5) is 0 Å². The Morgan fingerprint density at radius 3 is 1.11 bits per heavy atom. The molecule has 0 rings (SSSR count). The molecular weight excluding hydrogens is 230 g/mol. The van der Waals surface area contributed by atoms with Crippen molar-refractivity contribution in [3.8, 4) is 0 Å². The molecule has 0 heterocycles. The van der Waals surface area contributed by atoms with Crippen LogP contribution in [0, 0.1) is 0 Å². The van der Waals surface area contributed by atoms with Gasteiger partial charge in [0.1, 0.15) is 0 Å². The Bertz CT molecular complexity index is 109. The van der Waals surface area contributed by atoms with Crippen molar-refractivity contribution in [3.05, 3.63) is 0 Å². The molecule has 1 heteroatoms. The molecule has 0 aromatic rings. The van der Waals surface area contributed by atoms with Gasteiger partial charge >= 0.3 is 0 Å². The van der Waals surface area contributed by atoms with Gasteiger partial charge in [-0.05, 0) is 25.9 Å². The molecule has 19 heavy (non-hydrogen) atoms. The highest BCUT2D eigenvalue weighted by molar-refractivity contribution is 4.50. The van der Waals surface area contributed by atoms with E-state index in [9.17, 15) is 0 Å². The fourth-order valence-corrected chi connectivity index (χ4v) is 1.83. The van der Waals surface area contributed by atoms with Crippen molar-refractivity contribution in [2.75, 3.05) is 13.1 Å². The minimum Gasteiger partial charge on any atom is -0.317 e. The van der Waals surface area contributed by atoms with Gasteiger partial charge in [-0.25, -0.2) is 0 Å². The van der Waals surface area contributed by atoms with Crippen LogP contribution < -0.4 is 5.32 Å². The maximum Gasteiger partial charge on any atom is -0.00489 e. The summed E-state index contributed by atoms with van der Waals surface area (Å²) in [6.45, 7) is 11.4. The quantitative estimate of drug-likeness (QED) is 0.386. The van der Waals surface area contributed by atoms with Gasteiger partial charge in [0.25, 0.3) is 0 Å². The van der Waals surface area contributed by atoms with Crippen LogP contribution in [0.25, 0.3) is 0 Å². The van der Waals surface area contributed by atoms with Crippen LogP contribution in [0.2, 0.25) is 0 Å². The summed E-state index contributed by atoms with van der Waals surface area (Å²) >= 11 is 0. The first-order chi connectivity index (χ1) is 9.33. The summed E-state index contributed by atoms with van der Waals surface area (Å²) in [5.41, 5.74) is 0. The lowest BCUT2D eigenvalue weighted by Gasteiger charge is -2.04. The molecule has 0 aliphatic heterocycles. The van der Waals surface area contributed by atoms with Crippen LogP contribution in [-0.2, 0) is 0 Å². The zero-order chi connectivity index (χ0) is 14.6. The Morgan fingerprint density at radius 2 is 0.789 bits per heavy atom. The van der Waals surface area contributed by atoms with Gasteiger partial charge in [-0.15, -0.1) is 0 Å². The van der Waals surface area contributed by atoms with Crippen molar-refractivity contribution >= 4 is 0 Å². The number of rotatable bonds is 13. The standard InChI is InChI=1S/C14H31N.C4H10/c1-3-5-7-9-11-13-15-14-12-10-8-6-4-2;1-3-4-2/h15H,3-14H2,1-2H3;3-4H2,1-2H3. The van der Waals surface area contributed by atoms with Gasteiger partial charge in [0.2, 0.25) is 0 Å². The van der Waals surface area contributed by atoms with Crippen molar-refractivity contribution in [2.24, 2.45) is 0 Å². The molecule has 1 nitrogen and oxygen atoms in total. The van der Waals surface area contributed by atoms with Crippen LogP contribution in [0.1, 0.15) is 105 Å². The van der Waals surface area contributed by atoms with Crippen molar-refractivity contribution < 1.29 is 0 Å². The van der Waals surface area contributed by atoms with Gasteiger partial charge in [0.15, 0.2) is 0 Å². The summed E-state index contributed by atoms with van der Waals surface area (Å²) in [5.74, 6) is 0. The number of unbranched alkanes of at least 4 members (excludes halogenated alkanes) is 9. The summed E-state index contributed by atoms with van der Waals surface area (Å²) < 4.78 is 0. The maximum absolute atomic E-state index is 3.54. The molecule has 0 spiro atoms. The smallest absolute Gasteiger partial charge is 0.00489 e. The topological polar surface area (TPSA) is 12.0 Å². The highest BCUT2D eigenvalue weighted by Gasteiger charge is 1.90. The fourth-order valence-electron chi connectivity index (χ4n) is 1.83. The Labute approximate surface area is 123 Å². The first kappa shape index (κ1) is 21.3. The molecule has 0 fully saturated rings. The summed E-state index contributed by atoms with van der Waals surface area (Å²) in [6, 6.07) is 0. The minimum atomic E-state index is 1.23. The SMILES string of the molecule is CCCC.CCCCCCCNCCCCCCC. The van der Waals surface area contributed by atoms with Crippen molar-refractivity contribution in [1.82, 2.24) is 5.32 Å². The predicted molar refractivity (Wildman–Crippen MR) is 91.0 cm³/mol. The Hall–Kier alpha value is -0.0400. The molecule has 0 unspecified atom stereocenters. The van der Waals surface area contributed by atoms with Crippen LogP contribution in [-0.4, -0.2) is 13.1 Å². The molecule has 118 valence electrons. The van der Waals surface area contributed by atoms with E-state index >= 15 is 0 Å². The second kappa shape index (κ2) is 23.1. The molecule has 0 radical (unpaired) electrons. The summed E-state index contributed by atoms with van der Waals surface area (Å²) in [6.07, 6.45) is 16.6. The second-order valence-electron chi connectivity index (χ2n) is 5.58. The first-order valence-corrected chi connectivity index (χ1v) is 9.04. The first-order valence-electron chi connectivity index (χ1n) is 9.04. The van der Waals surface area contributed by atoms with E-state index in [1.165, 1.54) is 90.1 Å². The molecule has 0 saturated carbocycles. The van der Waals surface area contributed by atoms with E-state index in [1.807, 2.05) is 0 Å². The van der Waals surface area contributed by atoms with Gasteiger partial charge < -0.3 is 5.32 Å². The zero-order valence-corrected chi connectivity index (χ0v) is 14.4. The molecular formula is C18H41N. The lowest BCUT2D eigenvalue weighted by atomic mass is 10.1. The monoisotopic (exact) mass is 271 g/mol. The zero-order valence-electron chi connectivity index (χ0n) is 14.4. The molecule has 0 atom stereocenters. The number of hydrogen-bond donors (Lipinski definition) is 1. The van der Waals surface area contributed by atoms with E-state index in [4.69, 9.17) is 0 Å². The second-order valence-corrected chi connectivity index (χ2v) is 5.58. The molecule has 0 amide bonds. The largest absolute Gasteiger partial charge is 0.317 e. The van der Waals surface area contributed by atoms with Crippen LogP contribution in [0.5, 0.6) is 0 Å². The van der Waals surface area contributed by atoms with Crippen molar-refractivity contribution in [1.29, 1.82) is 0 Å². The predicted octanol–water partition coefficient (Wildman–Crippen LogP) is 6.32. The average molecular weight is 272 g/mol. The molecule has 0 aromatic carbocycles. The molecule has 0 saturated heterocycles. The minimum absolute atomic E-state index is 1.23. The fraction of sp³-hybridized carbons (Fsp3) is 1.00. The van der Waals surface area contributed by atoms with E-state index in [0.717, 1.165) is 0 Å². The van der Waals surface area contributed by atoms with Crippen LogP contribution >= 0.6 is 0 Å². The molecule has 0 aliphatic carbocycles. The Kier molecular flexibility index (Phi) is 25.8. The van der Waals surface area contributed by atoms with E-state index in [-0.39, 0.29) is 0 Å². The van der Waals surface area contributed by atoms with E-state index < -0.39 is 0 Å². The molecule has 0 bridgehead atoms. The van der Waals surface area contributed by atoms with Crippen molar-refractivity contribution in [3.63, 3.8) is 0 Å². The highest BCUT2D eigenvalue weighted by atomic mass is 14.8. The summed E-state index contributed by atoms with van der Waals surface area (Å²) in [4.78, 5) is 0. The molecule has 0 aromatic heterocycles. The van der Waals surface area contributed by atoms with E-state index in [0.29, 0.717) is 0 Å². The highest BCUT2D eigenvalue weighted by Crippen LogP contribution is 2.02. The average Bonchev–Trinajstić information content (AvgIpc) is 2.45. The maximum atomic E-state index is 3.54. The van der Waals surface area contributed by atoms with E-state index in [2.05, 4.69) is 33.0 Å². The third-order valence-electron chi connectivity index (χ3n) is 3.41. The van der Waals surface area contributed by atoms with Gasteiger partial charge in [-0.1, -0.05) is 91.9 Å². The van der Waals surface area contributed by atoms with Gasteiger partial charge in [-0.2, -0.15) is 0 Å².